The highest BCUT2D eigenvalue weighted by molar-refractivity contribution is 5.88. The maximum atomic E-state index is 12.2. The van der Waals surface area contributed by atoms with Gasteiger partial charge in [-0.15, -0.1) is 0 Å². The molecule has 0 saturated carbocycles. The van der Waals surface area contributed by atoms with Crippen molar-refractivity contribution >= 4 is 28.7 Å². The first-order valence-electron chi connectivity index (χ1n) is 9.83. The van der Waals surface area contributed by atoms with Crippen LogP contribution in [0.5, 0.6) is 0 Å². The maximum absolute atomic E-state index is 12.2. The van der Waals surface area contributed by atoms with Crippen LogP contribution in [0.1, 0.15) is 12.7 Å². The Morgan fingerprint density at radius 3 is 2.74 bits per heavy atom. The summed E-state index contributed by atoms with van der Waals surface area (Å²) in [4.78, 5) is 34.3. The van der Waals surface area contributed by atoms with E-state index >= 15 is 0 Å². The van der Waals surface area contributed by atoms with Crippen LogP contribution < -0.4 is 10.6 Å². The number of rotatable bonds is 7. The maximum Gasteiger partial charge on any atom is 0.325 e. The molecule has 0 fully saturated rings. The van der Waals surface area contributed by atoms with Crippen LogP contribution in [-0.4, -0.2) is 60.3 Å². The summed E-state index contributed by atoms with van der Waals surface area (Å²) in [6.45, 7) is 5.42. The molecule has 1 amide bonds. The molecule has 0 saturated heterocycles. The third-order valence-electron chi connectivity index (χ3n) is 4.66. The predicted octanol–water partition coefficient (Wildman–Crippen LogP) is 2.36. The van der Waals surface area contributed by atoms with Gasteiger partial charge < -0.3 is 19.9 Å². The molecule has 2 N–H and O–H groups in total. The number of hydrogen-bond donors (Lipinski definition) is 2. The molecule has 11 nitrogen and oxygen atoms in total. The average Bonchev–Trinajstić information content (AvgIpc) is 3.39. The Balaban J connectivity index is 1.63. The highest BCUT2D eigenvalue weighted by Gasteiger charge is 2.17. The molecule has 31 heavy (non-hydrogen) atoms. The number of aryl methyl sites for hydroxylation is 2. The van der Waals surface area contributed by atoms with E-state index in [4.69, 9.17) is 9.72 Å². The van der Waals surface area contributed by atoms with Gasteiger partial charge in [-0.05, 0) is 19.9 Å². The van der Waals surface area contributed by atoms with Crippen LogP contribution in [0.2, 0.25) is 0 Å². The SMILES string of the molecule is CCn1c(-c2cnc(C)nc2)nc2c(Nc3ccn(C(=O)NCCOC)c3)ncnc21. The van der Waals surface area contributed by atoms with Gasteiger partial charge in [0.25, 0.3) is 0 Å². The number of nitrogens with zero attached hydrogens (tertiary/aromatic N) is 7. The highest BCUT2D eigenvalue weighted by Crippen LogP contribution is 2.27. The molecule has 0 aromatic carbocycles. The summed E-state index contributed by atoms with van der Waals surface area (Å²) in [6.07, 6.45) is 8.34. The van der Waals surface area contributed by atoms with Crippen molar-refractivity contribution in [2.45, 2.75) is 20.4 Å². The largest absolute Gasteiger partial charge is 0.383 e. The minimum Gasteiger partial charge on any atom is -0.383 e. The van der Waals surface area contributed by atoms with Crippen LogP contribution in [0.15, 0.2) is 37.2 Å². The van der Waals surface area contributed by atoms with Gasteiger partial charge in [0.05, 0.1) is 17.9 Å². The fourth-order valence-electron chi connectivity index (χ4n) is 3.14. The topological polar surface area (TPSA) is 125 Å². The van der Waals surface area contributed by atoms with E-state index in [2.05, 4.69) is 30.6 Å². The first-order valence-corrected chi connectivity index (χ1v) is 9.83. The molecule has 0 aliphatic rings. The Kier molecular flexibility index (Phi) is 5.85. The summed E-state index contributed by atoms with van der Waals surface area (Å²) < 4.78 is 8.39. The van der Waals surface area contributed by atoms with Crippen molar-refractivity contribution in [3.63, 3.8) is 0 Å². The summed E-state index contributed by atoms with van der Waals surface area (Å²) in [5, 5.41) is 6.00. The van der Waals surface area contributed by atoms with Crippen LogP contribution in [0.4, 0.5) is 16.3 Å². The number of anilines is 2. The lowest BCUT2D eigenvalue weighted by Gasteiger charge is -2.06. The van der Waals surface area contributed by atoms with Gasteiger partial charge in [-0.1, -0.05) is 0 Å². The fourth-order valence-corrected chi connectivity index (χ4v) is 3.14. The van der Waals surface area contributed by atoms with Crippen molar-refractivity contribution < 1.29 is 9.53 Å². The molecule has 4 rings (SSSR count). The lowest BCUT2D eigenvalue weighted by Crippen LogP contribution is -2.30. The normalized spacial score (nSPS) is 11.1. The molecule has 0 bridgehead atoms. The molecule has 0 aliphatic heterocycles. The van der Waals surface area contributed by atoms with Crippen LogP contribution >= 0.6 is 0 Å². The lowest BCUT2D eigenvalue weighted by molar-refractivity contribution is 0.196. The summed E-state index contributed by atoms with van der Waals surface area (Å²) in [7, 11) is 1.59. The highest BCUT2D eigenvalue weighted by atomic mass is 16.5. The van der Waals surface area contributed by atoms with Gasteiger partial charge in [0.1, 0.15) is 18.0 Å². The van der Waals surface area contributed by atoms with Crippen molar-refractivity contribution in [2.75, 3.05) is 25.6 Å². The van der Waals surface area contributed by atoms with E-state index in [1.165, 1.54) is 10.9 Å². The summed E-state index contributed by atoms with van der Waals surface area (Å²) in [5.41, 5.74) is 2.83. The van der Waals surface area contributed by atoms with E-state index in [0.29, 0.717) is 48.2 Å². The van der Waals surface area contributed by atoms with E-state index in [-0.39, 0.29) is 6.03 Å². The number of nitrogens with one attached hydrogen (secondary N) is 2. The van der Waals surface area contributed by atoms with Crippen LogP contribution in [0, 0.1) is 6.92 Å². The number of imidazole rings is 1. The number of aromatic nitrogens is 7. The average molecular weight is 421 g/mol. The second-order valence-corrected chi connectivity index (χ2v) is 6.75. The fraction of sp³-hybridized carbons (Fsp3) is 0.300. The van der Waals surface area contributed by atoms with Gasteiger partial charge in [0.2, 0.25) is 0 Å². The zero-order valence-electron chi connectivity index (χ0n) is 17.5. The number of fused-ring (bicyclic) bond motifs is 1. The zero-order valence-corrected chi connectivity index (χ0v) is 17.5. The predicted molar refractivity (Wildman–Crippen MR) is 115 cm³/mol. The molecule has 4 aromatic heterocycles. The summed E-state index contributed by atoms with van der Waals surface area (Å²) in [5.74, 6) is 1.96. The van der Waals surface area contributed by atoms with Gasteiger partial charge in [-0.25, -0.2) is 29.7 Å². The Hall–Kier alpha value is -3.86. The van der Waals surface area contributed by atoms with Gasteiger partial charge in [-0.3, -0.25) is 4.57 Å². The lowest BCUT2D eigenvalue weighted by atomic mass is 10.3. The van der Waals surface area contributed by atoms with Gasteiger partial charge in [-0.2, -0.15) is 0 Å². The minimum absolute atomic E-state index is 0.241. The van der Waals surface area contributed by atoms with Crippen LogP contribution in [-0.2, 0) is 11.3 Å². The molecule has 160 valence electrons. The smallest absolute Gasteiger partial charge is 0.325 e. The molecule has 0 radical (unpaired) electrons. The van der Waals surface area contributed by atoms with E-state index in [1.54, 1.807) is 38.0 Å². The first kappa shape index (κ1) is 20.4. The number of methoxy groups -OCH3 is 1. The Bertz CT molecular complexity index is 1200. The van der Waals surface area contributed by atoms with Crippen molar-refractivity contribution in [2.24, 2.45) is 0 Å². The Morgan fingerprint density at radius 1 is 1.19 bits per heavy atom. The molecule has 0 spiro atoms. The second-order valence-electron chi connectivity index (χ2n) is 6.75. The van der Waals surface area contributed by atoms with Gasteiger partial charge in [0.15, 0.2) is 17.0 Å². The summed E-state index contributed by atoms with van der Waals surface area (Å²) >= 11 is 0. The van der Waals surface area contributed by atoms with E-state index in [9.17, 15) is 4.79 Å². The molecule has 11 heteroatoms. The van der Waals surface area contributed by atoms with Crippen molar-refractivity contribution in [3.05, 3.63) is 43.0 Å². The molecule has 0 aliphatic carbocycles. The van der Waals surface area contributed by atoms with Crippen molar-refractivity contribution in [3.8, 4) is 11.4 Å². The Morgan fingerprint density at radius 2 is 2.00 bits per heavy atom. The monoisotopic (exact) mass is 421 g/mol. The minimum atomic E-state index is -0.241. The standard InChI is InChI=1S/C20H23N9O2/c1-4-29-18(14-9-22-13(2)23-10-14)27-16-17(24-12-25-19(16)29)26-15-5-7-28(11-15)20(30)21-6-8-31-3/h5,7,9-12H,4,6,8H2,1-3H3,(H,21,30)(H,24,25,26). The Labute approximate surface area is 178 Å². The van der Waals surface area contributed by atoms with Gasteiger partial charge in [0, 0.05) is 45.0 Å². The second kappa shape index (κ2) is 8.88. The molecular formula is C20H23N9O2. The zero-order chi connectivity index (χ0) is 21.8. The van der Waals surface area contributed by atoms with Crippen molar-refractivity contribution in [1.29, 1.82) is 0 Å². The molecule has 0 unspecified atom stereocenters. The number of ether oxygens (including phenoxy) is 1. The van der Waals surface area contributed by atoms with Crippen molar-refractivity contribution in [1.82, 2.24) is 39.4 Å². The van der Waals surface area contributed by atoms with Gasteiger partial charge >= 0.3 is 6.03 Å². The number of amides is 1. The molecular weight excluding hydrogens is 398 g/mol. The first-order chi connectivity index (χ1) is 15.1. The van der Waals surface area contributed by atoms with E-state index < -0.39 is 0 Å². The number of hydrogen-bond acceptors (Lipinski definition) is 8. The molecule has 0 atom stereocenters. The third kappa shape index (κ3) is 4.21. The quantitative estimate of drug-likeness (QED) is 0.436. The van der Waals surface area contributed by atoms with E-state index in [0.717, 1.165) is 11.4 Å². The van der Waals surface area contributed by atoms with Crippen LogP contribution in [0.3, 0.4) is 0 Å². The molecule has 4 aromatic rings. The number of carbonyl (C=O) groups excluding carboxylic acids is 1. The van der Waals surface area contributed by atoms with E-state index in [1.807, 2.05) is 18.4 Å². The number of carbonyl (C=O) groups is 1. The summed E-state index contributed by atoms with van der Waals surface area (Å²) in [6, 6.07) is 1.55. The molecule has 4 heterocycles. The van der Waals surface area contributed by atoms with Crippen LogP contribution in [0.25, 0.3) is 22.6 Å². The third-order valence-corrected chi connectivity index (χ3v) is 4.66.